The van der Waals surface area contributed by atoms with Crippen LogP contribution in [0.25, 0.3) is 0 Å². The smallest absolute Gasteiger partial charge is 0.337 e. The number of ether oxygens (including phenoxy) is 2. The quantitative estimate of drug-likeness (QED) is 0.662. The molecule has 0 unspecified atom stereocenters. The summed E-state index contributed by atoms with van der Waals surface area (Å²) in [6, 6.07) is 17.5. The van der Waals surface area contributed by atoms with Crippen LogP contribution in [0.1, 0.15) is 32.2 Å². The lowest BCUT2D eigenvalue weighted by Gasteiger charge is -2.08. The monoisotopic (exact) mass is 365 g/mol. The third kappa shape index (κ3) is 4.55. The number of carbonyl (C=O) groups is 2. The molecule has 6 nitrogen and oxygen atoms in total. The fourth-order valence-corrected chi connectivity index (χ4v) is 2.48. The van der Waals surface area contributed by atoms with Crippen molar-refractivity contribution < 1.29 is 23.5 Å². The number of anilines is 1. The number of nitrogens with one attached hydrogen (secondary N) is 1. The topological polar surface area (TPSA) is 77.8 Å². The second kappa shape index (κ2) is 8.23. The second-order valence-electron chi connectivity index (χ2n) is 5.84. The van der Waals surface area contributed by atoms with Gasteiger partial charge in [0.15, 0.2) is 5.76 Å². The lowest BCUT2D eigenvalue weighted by molar-refractivity contribution is 0.0600. The number of hydrogen-bond acceptors (Lipinski definition) is 5. The Labute approximate surface area is 156 Å². The van der Waals surface area contributed by atoms with Crippen molar-refractivity contribution in [3.05, 3.63) is 83.3 Å². The Bertz CT molecular complexity index is 946. The fraction of sp³-hybridized carbons (Fsp3) is 0.143. The van der Waals surface area contributed by atoms with Crippen LogP contribution in [0.15, 0.2) is 65.1 Å². The molecule has 0 aliphatic rings. The van der Waals surface area contributed by atoms with Crippen molar-refractivity contribution in [2.45, 2.75) is 13.5 Å². The van der Waals surface area contributed by atoms with Gasteiger partial charge in [0.1, 0.15) is 18.1 Å². The largest absolute Gasteiger partial charge is 0.486 e. The predicted molar refractivity (Wildman–Crippen MR) is 100.0 cm³/mol. The molecule has 0 spiro atoms. The van der Waals surface area contributed by atoms with Crippen molar-refractivity contribution in [1.82, 2.24) is 0 Å². The Balaban J connectivity index is 1.63. The van der Waals surface area contributed by atoms with Crippen molar-refractivity contribution in [2.24, 2.45) is 0 Å². The molecule has 0 saturated heterocycles. The molecular weight excluding hydrogens is 346 g/mol. The summed E-state index contributed by atoms with van der Waals surface area (Å²) < 4.78 is 15.8. The van der Waals surface area contributed by atoms with E-state index in [1.165, 1.54) is 7.11 Å². The molecule has 0 atom stereocenters. The van der Waals surface area contributed by atoms with Crippen LogP contribution in [-0.2, 0) is 11.3 Å². The molecule has 2 aromatic carbocycles. The maximum Gasteiger partial charge on any atom is 0.337 e. The molecule has 3 aromatic rings. The third-order valence-corrected chi connectivity index (χ3v) is 3.91. The number of rotatable bonds is 6. The summed E-state index contributed by atoms with van der Waals surface area (Å²) in [5, 5.41) is 2.77. The highest BCUT2D eigenvalue weighted by Crippen LogP contribution is 2.19. The normalized spacial score (nSPS) is 10.3. The van der Waals surface area contributed by atoms with Gasteiger partial charge in [-0.1, -0.05) is 18.2 Å². The molecule has 27 heavy (non-hydrogen) atoms. The number of methoxy groups -OCH3 is 1. The van der Waals surface area contributed by atoms with Crippen LogP contribution in [0, 0.1) is 6.92 Å². The van der Waals surface area contributed by atoms with Gasteiger partial charge >= 0.3 is 5.97 Å². The Kier molecular flexibility index (Phi) is 5.56. The fourth-order valence-electron chi connectivity index (χ4n) is 2.48. The van der Waals surface area contributed by atoms with E-state index in [1.54, 1.807) is 37.3 Å². The van der Waals surface area contributed by atoms with Crippen LogP contribution < -0.4 is 10.1 Å². The van der Waals surface area contributed by atoms with Crippen LogP contribution in [0.5, 0.6) is 5.75 Å². The van der Waals surface area contributed by atoms with Crippen LogP contribution >= 0.6 is 0 Å². The van der Waals surface area contributed by atoms with Gasteiger partial charge < -0.3 is 19.2 Å². The molecule has 0 saturated carbocycles. The van der Waals surface area contributed by atoms with Gasteiger partial charge in [0.05, 0.1) is 12.7 Å². The van der Waals surface area contributed by atoms with Gasteiger partial charge in [-0.05, 0) is 55.0 Å². The van der Waals surface area contributed by atoms with Crippen LogP contribution in [0.3, 0.4) is 0 Å². The van der Waals surface area contributed by atoms with Gasteiger partial charge in [-0.2, -0.15) is 0 Å². The molecular formula is C21H19NO5. The highest BCUT2D eigenvalue weighted by atomic mass is 16.5. The zero-order valence-corrected chi connectivity index (χ0v) is 15.0. The Morgan fingerprint density at radius 1 is 1.04 bits per heavy atom. The highest BCUT2D eigenvalue weighted by molar-refractivity contribution is 6.03. The van der Waals surface area contributed by atoms with Crippen molar-refractivity contribution in [1.29, 1.82) is 0 Å². The number of benzene rings is 2. The van der Waals surface area contributed by atoms with E-state index in [0.717, 1.165) is 11.3 Å². The summed E-state index contributed by atoms with van der Waals surface area (Å²) in [5.74, 6) is 0.640. The number of carbonyl (C=O) groups excluding carboxylic acids is 2. The molecule has 3 rings (SSSR count). The van der Waals surface area contributed by atoms with Gasteiger partial charge in [-0.15, -0.1) is 0 Å². The number of furan rings is 1. The van der Waals surface area contributed by atoms with E-state index in [4.69, 9.17) is 9.15 Å². The number of aryl methyl sites for hydroxylation is 1. The number of esters is 1. The molecule has 1 N–H and O–H groups in total. The molecule has 0 fully saturated rings. The standard InChI is InChI=1S/C21H19NO5/c1-14-12-15(21(24)25-2)8-10-18(14)22-20(23)19-11-9-17(27-19)13-26-16-6-4-3-5-7-16/h3-12H,13H2,1-2H3,(H,22,23). The molecule has 6 heteroatoms. The van der Waals surface area contributed by atoms with Crippen molar-refractivity contribution in [3.63, 3.8) is 0 Å². The first kappa shape index (κ1) is 18.3. The SMILES string of the molecule is COC(=O)c1ccc(NC(=O)c2ccc(COc3ccccc3)o2)c(C)c1. The van der Waals surface area contributed by atoms with E-state index in [9.17, 15) is 9.59 Å². The second-order valence-corrected chi connectivity index (χ2v) is 5.84. The van der Waals surface area contributed by atoms with Crippen molar-refractivity contribution >= 4 is 17.6 Å². The zero-order valence-electron chi connectivity index (χ0n) is 15.0. The molecule has 0 aliphatic carbocycles. The molecule has 138 valence electrons. The summed E-state index contributed by atoms with van der Waals surface area (Å²) >= 11 is 0. The van der Waals surface area contributed by atoms with Crippen LogP contribution in [0.4, 0.5) is 5.69 Å². The van der Waals surface area contributed by atoms with E-state index in [-0.39, 0.29) is 18.3 Å². The summed E-state index contributed by atoms with van der Waals surface area (Å²) in [6.07, 6.45) is 0. The van der Waals surface area contributed by atoms with E-state index in [0.29, 0.717) is 17.0 Å². The lowest BCUT2D eigenvalue weighted by Crippen LogP contribution is -2.12. The van der Waals surface area contributed by atoms with Gasteiger partial charge in [0, 0.05) is 5.69 Å². The van der Waals surface area contributed by atoms with Gasteiger partial charge in [-0.25, -0.2) is 4.79 Å². The maximum absolute atomic E-state index is 12.4. The van der Waals surface area contributed by atoms with Crippen molar-refractivity contribution in [3.8, 4) is 5.75 Å². The summed E-state index contributed by atoms with van der Waals surface area (Å²) in [5.41, 5.74) is 1.75. The Hall–Kier alpha value is -3.54. The summed E-state index contributed by atoms with van der Waals surface area (Å²) in [4.78, 5) is 23.9. The van der Waals surface area contributed by atoms with E-state index in [1.807, 2.05) is 30.3 Å². The first-order valence-electron chi connectivity index (χ1n) is 8.33. The number of hydrogen-bond donors (Lipinski definition) is 1. The van der Waals surface area contributed by atoms with Gasteiger partial charge in [-0.3, -0.25) is 4.79 Å². The first-order valence-corrected chi connectivity index (χ1v) is 8.33. The highest BCUT2D eigenvalue weighted by Gasteiger charge is 2.14. The average molecular weight is 365 g/mol. The molecule has 0 bridgehead atoms. The average Bonchev–Trinajstić information content (AvgIpc) is 3.17. The third-order valence-electron chi connectivity index (χ3n) is 3.91. The summed E-state index contributed by atoms with van der Waals surface area (Å²) in [6.45, 7) is 2.02. The van der Waals surface area contributed by atoms with E-state index >= 15 is 0 Å². The molecule has 1 aromatic heterocycles. The minimum atomic E-state index is -0.426. The van der Waals surface area contributed by atoms with Crippen LogP contribution in [0.2, 0.25) is 0 Å². The molecule has 0 aliphatic heterocycles. The van der Waals surface area contributed by atoms with Crippen molar-refractivity contribution in [2.75, 3.05) is 12.4 Å². The number of amides is 1. The lowest BCUT2D eigenvalue weighted by atomic mass is 10.1. The zero-order chi connectivity index (χ0) is 19.2. The van der Waals surface area contributed by atoms with Gasteiger partial charge in [0.25, 0.3) is 5.91 Å². The minimum absolute atomic E-state index is 0.179. The van der Waals surface area contributed by atoms with Crippen LogP contribution in [-0.4, -0.2) is 19.0 Å². The maximum atomic E-state index is 12.4. The molecule has 1 amide bonds. The first-order chi connectivity index (χ1) is 13.1. The molecule has 0 radical (unpaired) electrons. The minimum Gasteiger partial charge on any atom is -0.486 e. The Morgan fingerprint density at radius 3 is 2.52 bits per heavy atom. The van der Waals surface area contributed by atoms with E-state index < -0.39 is 5.97 Å². The number of para-hydroxylation sites is 1. The van der Waals surface area contributed by atoms with E-state index in [2.05, 4.69) is 10.1 Å². The molecule has 1 heterocycles. The van der Waals surface area contributed by atoms with Gasteiger partial charge in [0.2, 0.25) is 0 Å². The predicted octanol–water partition coefficient (Wildman–Crippen LogP) is 4.21. The summed E-state index contributed by atoms with van der Waals surface area (Å²) in [7, 11) is 1.32. The Morgan fingerprint density at radius 2 is 1.81 bits per heavy atom.